The van der Waals surface area contributed by atoms with E-state index in [1.165, 1.54) is 18.1 Å². The smallest absolute Gasteiger partial charge is 0.242 e. The fourth-order valence-corrected chi connectivity index (χ4v) is 0.856. The Bertz CT molecular complexity index is 360. The van der Waals surface area contributed by atoms with E-state index < -0.39 is 0 Å². The van der Waals surface area contributed by atoms with Gasteiger partial charge in [-0.1, -0.05) is 0 Å². The lowest BCUT2D eigenvalue weighted by atomic mass is 10.5. The fourth-order valence-electron chi connectivity index (χ4n) is 0.856. The van der Waals surface area contributed by atoms with Gasteiger partial charge in [0.25, 0.3) is 0 Å². The molecule has 0 unspecified atom stereocenters. The number of carbonyl (C=O) groups excluding carboxylic acids is 2. The van der Waals surface area contributed by atoms with Crippen LogP contribution < -0.4 is 16.4 Å². The Labute approximate surface area is 85.8 Å². The van der Waals surface area contributed by atoms with E-state index in [1.807, 2.05) is 0 Å². The number of aromatic nitrogens is 3. The lowest BCUT2D eigenvalue weighted by molar-refractivity contribution is -0.126. The Morgan fingerprint density at radius 1 is 1.53 bits per heavy atom. The molecule has 0 atom stereocenters. The average Bonchev–Trinajstić information content (AvgIpc) is 2.60. The van der Waals surface area contributed by atoms with Gasteiger partial charge in [0.05, 0.1) is 6.54 Å². The van der Waals surface area contributed by atoms with Gasteiger partial charge in [0, 0.05) is 7.05 Å². The van der Waals surface area contributed by atoms with Crippen LogP contribution in [0.2, 0.25) is 0 Å². The maximum absolute atomic E-state index is 11.2. The summed E-state index contributed by atoms with van der Waals surface area (Å²) in [6.45, 7) is -0.0687. The highest BCUT2D eigenvalue weighted by molar-refractivity contribution is 5.84. The molecule has 0 saturated heterocycles. The maximum Gasteiger partial charge on any atom is 0.242 e. The molecule has 15 heavy (non-hydrogen) atoms. The van der Waals surface area contributed by atoms with Crippen molar-refractivity contribution < 1.29 is 9.59 Å². The van der Waals surface area contributed by atoms with Crippen molar-refractivity contribution in [3.63, 3.8) is 0 Å². The van der Waals surface area contributed by atoms with E-state index >= 15 is 0 Å². The molecule has 8 nitrogen and oxygen atoms in total. The lowest BCUT2D eigenvalue weighted by Gasteiger charge is -2.03. The molecule has 0 bridgehead atoms. The average molecular weight is 212 g/mol. The Morgan fingerprint density at radius 3 is 2.80 bits per heavy atom. The molecular weight excluding hydrogens is 200 g/mol. The van der Waals surface area contributed by atoms with Crippen LogP contribution in [0.1, 0.15) is 0 Å². The number of likely N-dealkylation sites (N-methyl/N-ethyl adjacent to an activating group) is 1. The predicted octanol–water partition coefficient (Wildman–Crippen LogP) is -2.28. The van der Waals surface area contributed by atoms with E-state index in [1.54, 1.807) is 0 Å². The highest BCUT2D eigenvalue weighted by Crippen LogP contribution is 1.88. The van der Waals surface area contributed by atoms with Crippen molar-refractivity contribution in [2.75, 3.05) is 19.3 Å². The van der Waals surface area contributed by atoms with Gasteiger partial charge in [-0.3, -0.25) is 9.59 Å². The van der Waals surface area contributed by atoms with Crippen molar-refractivity contribution in [3.8, 4) is 0 Å². The first-order valence-corrected chi connectivity index (χ1v) is 4.24. The monoisotopic (exact) mass is 212 g/mol. The molecule has 1 aromatic rings. The highest BCUT2D eigenvalue weighted by Gasteiger charge is 2.05. The van der Waals surface area contributed by atoms with Crippen LogP contribution in [0.4, 0.5) is 5.95 Å². The molecule has 0 spiro atoms. The summed E-state index contributed by atoms with van der Waals surface area (Å²) >= 11 is 0. The Kier molecular flexibility index (Phi) is 3.61. The van der Waals surface area contributed by atoms with E-state index in [9.17, 15) is 9.59 Å². The largest absolute Gasteiger partial charge is 0.367 e. The van der Waals surface area contributed by atoms with E-state index in [0.717, 1.165) is 0 Å². The van der Waals surface area contributed by atoms with E-state index in [-0.39, 0.29) is 30.9 Å². The highest BCUT2D eigenvalue weighted by atomic mass is 16.2. The van der Waals surface area contributed by atoms with Gasteiger partial charge in [-0.25, -0.2) is 9.67 Å². The predicted molar refractivity (Wildman–Crippen MR) is 51.5 cm³/mol. The zero-order valence-corrected chi connectivity index (χ0v) is 8.23. The Hall–Kier alpha value is -2.12. The SMILES string of the molecule is CNC(=O)CNC(=O)Cn1cnc(N)n1. The maximum atomic E-state index is 11.2. The second kappa shape index (κ2) is 4.94. The minimum Gasteiger partial charge on any atom is -0.367 e. The third-order valence-corrected chi connectivity index (χ3v) is 1.58. The minimum atomic E-state index is -0.330. The summed E-state index contributed by atoms with van der Waals surface area (Å²) in [5.41, 5.74) is 5.26. The fraction of sp³-hybridized carbons (Fsp3) is 0.429. The first kappa shape index (κ1) is 11.0. The van der Waals surface area contributed by atoms with Crippen molar-refractivity contribution >= 4 is 17.8 Å². The van der Waals surface area contributed by atoms with Gasteiger partial charge in [0.1, 0.15) is 12.9 Å². The van der Waals surface area contributed by atoms with Gasteiger partial charge in [-0.2, -0.15) is 0 Å². The third-order valence-electron chi connectivity index (χ3n) is 1.58. The first-order valence-electron chi connectivity index (χ1n) is 4.24. The van der Waals surface area contributed by atoms with Crippen molar-refractivity contribution in [2.24, 2.45) is 0 Å². The molecule has 0 aromatic carbocycles. The van der Waals surface area contributed by atoms with Crippen LogP contribution in [0.25, 0.3) is 0 Å². The van der Waals surface area contributed by atoms with Crippen LogP contribution >= 0.6 is 0 Å². The van der Waals surface area contributed by atoms with E-state index in [0.29, 0.717) is 0 Å². The molecule has 8 heteroatoms. The van der Waals surface area contributed by atoms with Crippen LogP contribution in [0, 0.1) is 0 Å². The third kappa shape index (κ3) is 3.63. The first-order chi connectivity index (χ1) is 7.11. The molecule has 0 fully saturated rings. The number of rotatable bonds is 4. The van der Waals surface area contributed by atoms with Gasteiger partial charge in [0.15, 0.2) is 0 Å². The zero-order chi connectivity index (χ0) is 11.3. The second-order valence-electron chi connectivity index (χ2n) is 2.75. The summed E-state index contributed by atoms with van der Waals surface area (Å²) in [5, 5.41) is 8.51. The van der Waals surface area contributed by atoms with E-state index in [4.69, 9.17) is 5.73 Å². The number of hydrogen-bond acceptors (Lipinski definition) is 5. The molecular formula is C7H12N6O2. The molecule has 0 aliphatic rings. The van der Waals surface area contributed by atoms with Crippen molar-refractivity contribution in [2.45, 2.75) is 6.54 Å². The minimum absolute atomic E-state index is 0.0127. The number of hydrogen-bond donors (Lipinski definition) is 3. The molecule has 1 rings (SSSR count). The van der Waals surface area contributed by atoms with Gasteiger partial charge in [-0.05, 0) is 0 Å². The lowest BCUT2D eigenvalue weighted by Crippen LogP contribution is -2.36. The normalized spacial score (nSPS) is 9.67. The Morgan fingerprint density at radius 2 is 2.27 bits per heavy atom. The number of carbonyl (C=O) groups is 2. The second-order valence-corrected chi connectivity index (χ2v) is 2.75. The summed E-state index contributed by atoms with van der Waals surface area (Å²) in [4.78, 5) is 25.7. The molecule has 2 amide bonds. The number of nitrogen functional groups attached to an aromatic ring is 1. The summed E-state index contributed by atoms with van der Waals surface area (Å²) in [7, 11) is 1.49. The number of amides is 2. The standard InChI is InChI=1S/C7H12N6O2/c1-9-5(14)2-10-6(15)3-13-4-11-7(8)12-13/h4H,2-3H2,1H3,(H2,8,12)(H,9,14)(H,10,15). The number of nitrogens with two attached hydrogens (primary N) is 1. The zero-order valence-electron chi connectivity index (χ0n) is 8.23. The van der Waals surface area contributed by atoms with Gasteiger partial charge < -0.3 is 16.4 Å². The van der Waals surface area contributed by atoms with Crippen molar-refractivity contribution in [3.05, 3.63) is 6.33 Å². The van der Waals surface area contributed by atoms with Crippen LogP contribution in [-0.2, 0) is 16.1 Å². The number of nitrogens with zero attached hydrogens (tertiary/aromatic N) is 3. The van der Waals surface area contributed by atoms with Gasteiger partial charge >= 0.3 is 0 Å². The van der Waals surface area contributed by atoms with E-state index in [2.05, 4.69) is 20.7 Å². The number of anilines is 1. The summed E-state index contributed by atoms with van der Waals surface area (Å²) in [5.74, 6) is -0.487. The molecule has 1 heterocycles. The molecule has 0 aliphatic carbocycles. The number of nitrogens with one attached hydrogen (secondary N) is 2. The van der Waals surface area contributed by atoms with Crippen molar-refractivity contribution in [1.29, 1.82) is 0 Å². The van der Waals surface area contributed by atoms with Crippen LogP contribution in [0.15, 0.2) is 6.33 Å². The molecule has 1 aromatic heterocycles. The molecule has 82 valence electrons. The molecule has 0 saturated carbocycles. The van der Waals surface area contributed by atoms with Crippen molar-refractivity contribution in [1.82, 2.24) is 25.4 Å². The molecule has 0 radical (unpaired) electrons. The summed E-state index contributed by atoms with van der Waals surface area (Å²) in [6, 6.07) is 0. The topological polar surface area (TPSA) is 115 Å². The molecule has 4 N–H and O–H groups in total. The molecule has 0 aliphatic heterocycles. The quantitative estimate of drug-likeness (QED) is 0.520. The summed E-state index contributed by atoms with van der Waals surface area (Å²) in [6.07, 6.45) is 1.34. The van der Waals surface area contributed by atoms with Gasteiger partial charge in [-0.15, -0.1) is 5.10 Å². The van der Waals surface area contributed by atoms with Crippen LogP contribution in [0.5, 0.6) is 0 Å². The van der Waals surface area contributed by atoms with Crippen LogP contribution in [0.3, 0.4) is 0 Å². The van der Waals surface area contributed by atoms with Gasteiger partial charge in [0.2, 0.25) is 17.8 Å². The Balaban J connectivity index is 2.33. The summed E-state index contributed by atoms with van der Waals surface area (Å²) < 4.78 is 1.29. The van der Waals surface area contributed by atoms with Crippen LogP contribution in [-0.4, -0.2) is 40.2 Å².